The second kappa shape index (κ2) is 7.56. The molecule has 0 spiro atoms. The second-order valence-corrected chi connectivity index (χ2v) is 6.93. The Labute approximate surface area is 162 Å². The van der Waals surface area contributed by atoms with E-state index in [0.717, 1.165) is 12.1 Å². The number of aromatic nitrogens is 1. The summed E-state index contributed by atoms with van der Waals surface area (Å²) in [5.74, 6) is 1.07. The van der Waals surface area contributed by atoms with Crippen LogP contribution in [-0.2, 0) is 4.79 Å². The molecule has 2 amide bonds. The van der Waals surface area contributed by atoms with Crippen LogP contribution in [0.3, 0.4) is 0 Å². The minimum atomic E-state index is -0.735. The van der Waals surface area contributed by atoms with Gasteiger partial charge < -0.3 is 29.9 Å². The van der Waals surface area contributed by atoms with Crippen molar-refractivity contribution in [2.24, 2.45) is 0 Å². The third-order valence-electron chi connectivity index (χ3n) is 5.00. The number of likely N-dealkylation sites (tertiary alicyclic amines) is 1. The molecule has 1 aromatic rings. The highest BCUT2D eigenvalue weighted by Gasteiger charge is 2.31. The predicted molar refractivity (Wildman–Crippen MR) is 101 cm³/mol. The molecule has 150 valence electrons. The SMILES string of the molecule is CN(C=O)NC1C=C(N2CCOc3cc(C(=O)N4CCCC4O)[nH]c32)C=CN1. The van der Waals surface area contributed by atoms with Crippen molar-refractivity contribution in [3.8, 4) is 5.75 Å². The summed E-state index contributed by atoms with van der Waals surface area (Å²) in [5, 5.41) is 14.4. The molecule has 0 aromatic carbocycles. The van der Waals surface area contributed by atoms with E-state index in [1.807, 2.05) is 17.1 Å². The van der Waals surface area contributed by atoms with E-state index in [9.17, 15) is 14.7 Å². The molecule has 10 nitrogen and oxygen atoms in total. The largest absolute Gasteiger partial charge is 0.488 e. The number of hydrogen-bond acceptors (Lipinski definition) is 7. The lowest BCUT2D eigenvalue weighted by atomic mass is 10.2. The van der Waals surface area contributed by atoms with Gasteiger partial charge in [0, 0.05) is 25.4 Å². The number of amides is 2. The Hall–Kier alpha value is -2.98. The summed E-state index contributed by atoms with van der Waals surface area (Å²) < 4.78 is 5.73. The lowest BCUT2D eigenvalue weighted by Gasteiger charge is -2.32. The van der Waals surface area contributed by atoms with Crippen molar-refractivity contribution in [3.05, 3.63) is 35.8 Å². The van der Waals surface area contributed by atoms with E-state index in [2.05, 4.69) is 15.7 Å². The number of hydrogen-bond donors (Lipinski definition) is 4. The number of allylic oxidation sites excluding steroid dienone is 1. The zero-order valence-electron chi connectivity index (χ0n) is 15.6. The molecule has 2 unspecified atom stereocenters. The molecule has 1 fully saturated rings. The van der Waals surface area contributed by atoms with Crippen molar-refractivity contribution >= 4 is 18.1 Å². The highest BCUT2D eigenvalue weighted by atomic mass is 16.5. The molecule has 2 atom stereocenters. The van der Waals surface area contributed by atoms with Gasteiger partial charge in [0.25, 0.3) is 5.91 Å². The number of aromatic amines is 1. The number of hydrazine groups is 1. The number of fused-ring (bicyclic) bond motifs is 1. The molecule has 0 bridgehead atoms. The van der Waals surface area contributed by atoms with Crippen molar-refractivity contribution in [1.82, 2.24) is 25.6 Å². The monoisotopic (exact) mass is 388 g/mol. The minimum Gasteiger partial charge on any atom is -0.488 e. The predicted octanol–water partition coefficient (Wildman–Crippen LogP) is -0.312. The van der Waals surface area contributed by atoms with Crippen LogP contribution in [0, 0.1) is 0 Å². The molecule has 10 heteroatoms. The summed E-state index contributed by atoms with van der Waals surface area (Å²) in [6.45, 7) is 1.64. The average molecular weight is 388 g/mol. The molecule has 4 heterocycles. The number of anilines is 1. The van der Waals surface area contributed by atoms with Crippen LogP contribution in [0.2, 0.25) is 0 Å². The molecule has 3 aliphatic rings. The molecule has 0 saturated carbocycles. The van der Waals surface area contributed by atoms with E-state index in [4.69, 9.17) is 4.74 Å². The van der Waals surface area contributed by atoms with Crippen molar-refractivity contribution in [2.45, 2.75) is 25.2 Å². The number of carbonyl (C=O) groups excluding carboxylic acids is 2. The third kappa shape index (κ3) is 3.43. The summed E-state index contributed by atoms with van der Waals surface area (Å²) in [6, 6.07) is 1.69. The van der Waals surface area contributed by atoms with E-state index in [-0.39, 0.29) is 12.1 Å². The van der Waals surface area contributed by atoms with Crippen LogP contribution in [0.25, 0.3) is 0 Å². The first-order valence-electron chi connectivity index (χ1n) is 9.28. The maximum Gasteiger partial charge on any atom is 0.272 e. The van der Waals surface area contributed by atoms with Crippen molar-refractivity contribution < 1.29 is 19.4 Å². The Kier molecular flexibility index (Phi) is 4.97. The van der Waals surface area contributed by atoms with E-state index in [1.165, 1.54) is 9.91 Å². The van der Waals surface area contributed by atoms with E-state index >= 15 is 0 Å². The smallest absolute Gasteiger partial charge is 0.272 e. The standard InChI is InChI=1S/C18H24N6O4/c1-22(11-25)21-15-9-12(4-5-19-15)23-7-8-28-14-10-13(20-17(14)23)18(27)24-6-2-3-16(24)26/h4-5,9-11,15-16,19-21,26H,2-3,6-8H2,1H3. The Morgan fingerprint density at radius 3 is 3.07 bits per heavy atom. The van der Waals surface area contributed by atoms with Gasteiger partial charge >= 0.3 is 0 Å². The quantitative estimate of drug-likeness (QED) is 0.404. The summed E-state index contributed by atoms with van der Waals surface area (Å²) in [7, 11) is 1.63. The van der Waals surface area contributed by atoms with Gasteiger partial charge in [-0.15, -0.1) is 0 Å². The lowest BCUT2D eigenvalue weighted by Crippen LogP contribution is -2.48. The Morgan fingerprint density at radius 2 is 2.32 bits per heavy atom. The fraction of sp³-hybridized carbons (Fsp3) is 0.444. The number of nitrogens with zero attached hydrogens (tertiary/aromatic N) is 3. The van der Waals surface area contributed by atoms with Crippen LogP contribution >= 0.6 is 0 Å². The number of ether oxygens (including phenoxy) is 1. The maximum absolute atomic E-state index is 12.7. The average Bonchev–Trinajstić information content (AvgIpc) is 3.33. The normalized spacial score (nSPS) is 23.6. The van der Waals surface area contributed by atoms with Crippen LogP contribution in [0.1, 0.15) is 23.3 Å². The molecule has 1 aromatic heterocycles. The second-order valence-electron chi connectivity index (χ2n) is 6.93. The fourth-order valence-corrected chi connectivity index (χ4v) is 3.62. The van der Waals surface area contributed by atoms with Gasteiger partial charge in [-0.1, -0.05) is 0 Å². The molecule has 0 radical (unpaired) electrons. The molecule has 28 heavy (non-hydrogen) atoms. The van der Waals surface area contributed by atoms with Gasteiger partial charge in [0.15, 0.2) is 11.6 Å². The van der Waals surface area contributed by atoms with Crippen molar-refractivity contribution in [3.63, 3.8) is 0 Å². The van der Waals surface area contributed by atoms with E-state index in [1.54, 1.807) is 19.3 Å². The van der Waals surface area contributed by atoms with Gasteiger partial charge in [0.05, 0.1) is 6.54 Å². The summed E-state index contributed by atoms with van der Waals surface area (Å²) >= 11 is 0. The molecule has 1 saturated heterocycles. The Balaban J connectivity index is 1.57. The van der Waals surface area contributed by atoms with Gasteiger partial charge in [-0.3, -0.25) is 14.6 Å². The maximum atomic E-state index is 12.7. The zero-order valence-corrected chi connectivity index (χ0v) is 15.6. The summed E-state index contributed by atoms with van der Waals surface area (Å²) in [5.41, 5.74) is 4.30. The third-order valence-corrected chi connectivity index (χ3v) is 5.00. The van der Waals surface area contributed by atoms with Crippen LogP contribution in [0.15, 0.2) is 30.1 Å². The minimum absolute atomic E-state index is 0.232. The lowest BCUT2D eigenvalue weighted by molar-refractivity contribution is -0.119. The topological polar surface area (TPSA) is 113 Å². The fourth-order valence-electron chi connectivity index (χ4n) is 3.62. The van der Waals surface area contributed by atoms with E-state index in [0.29, 0.717) is 49.8 Å². The van der Waals surface area contributed by atoms with Gasteiger partial charge in [-0.05, 0) is 31.2 Å². The van der Waals surface area contributed by atoms with Crippen molar-refractivity contribution in [2.75, 3.05) is 31.6 Å². The zero-order chi connectivity index (χ0) is 19.7. The van der Waals surface area contributed by atoms with E-state index < -0.39 is 6.23 Å². The molecular formula is C18H24N6O4. The first kappa shape index (κ1) is 18.4. The number of nitrogens with one attached hydrogen (secondary N) is 3. The number of aliphatic hydroxyl groups is 1. The number of dihydropyridines is 1. The molecule has 4 N–H and O–H groups in total. The number of rotatable bonds is 5. The van der Waals surface area contributed by atoms with Gasteiger partial charge in [0.1, 0.15) is 24.7 Å². The highest BCUT2D eigenvalue weighted by Crippen LogP contribution is 2.35. The van der Waals surface area contributed by atoms with Crippen LogP contribution < -0.4 is 20.4 Å². The van der Waals surface area contributed by atoms with Crippen LogP contribution in [-0.4, -0.2) is 71.5 Å². The Morgan fingerprint density at radius 1 is 1.46 bits per heavy atom. The number of H-pyrrole nitrogens is 1. The number of aliphatic hydroxyl groups excluding tert-OH is 1. The van der Waals surface area contributed by atoms with Gasteiger partial charge in [-0.25, -0.2) is 5.43 Å². The molecular weight excluding hydrogens is 364 g/mol. The Bertz CT molecular complexity index is 819. The van der Waals surface area contributed by atoms with Gasteiger partial charge in [0.2, 0.25) is 6.41 Å². The molecule has 4 rings (SSSR count). The highest BCUT2D eigenvalue weighted by molar-refractivity contribution is 5.94. The summed E-state index contributed by atoms with van der Waals surface area (Å²) in [4.78, 5) is 30.2. The number of carbonyl (C=O) groups is 2. The van der Waals surface area contributed by atoms with Gasteiger partial charge in [-0.2, -0.15) is 0 Å². The molecule has 0 aliphatic carbocycles. The first-order valence-corrected chi connectivity index (χ1v) is 9.28. The van der Waals surface area contributed by atoms with Crippen LogP contribution in [0.5, 0.6) is 5.75 Å². The van der Waals surface area contributed by atoms with Crippen LogP contribution in [0.4, 0.5) is 5.82 Å². The summed E-state index contributed by atoms with van der Waals surface area (Å²) in [6.07, 6.45) is 6.76. The van der Waals surface area contributed by atoms with Crippen molar-refractivity contribution in [1.29, 1.82) is 0 Å². The first-order chi connectivity index (χ1) is 13.6. The molecule has 3 aliphatic heterocycles.